The van der Waals surface area contributed by atoms with Crippen LogP contribution in [0.2, 0.25) is 0 Å². The summed E-state index contributed by atoms with van der Waals surface area (Å²) in [7, 11) is 0. The summed E-state index contributed by atoms with van der Waals surface area (Å²) in [6.07, 6.45) is 0. The zero-order chi connectivity index (χ0) is 35.7. The van der Waals surface area contributed by atoms with Crippen LogP contribution in [0.25, 0.3) is 101 Å². The maximum absolute atomic E-state index is 2.47. The summed E-state index contributed by atoms with van der Waals surface area (Å²) < 4.78 is 7.78. The number of benzene rings is 8. The number of rotatable bonds is 3. The van der Waals surface area contributed by atoms with E-state index in [2.05, 4.69) is 182 Å². The SMILES string of the molecule is CC1(C)c2ccccc2-c2ccc(-c3ccc4c(c3)c3ccccc3n4-c3ccc4sc5cccc(-c6cccc7sc8ccccc8c67)c5c4c3)cc21. The third kappa shape index (κ3) is 4.14. The highest BCUT2D eigenvalue weighted by atomic mass is 32.1. The molecule has 1 nitrogen and oxygen atoms in total. The molecule has 1 aliphatic carbocycles. The normalized spacial score (nSPS) is 13.5. The van der Waals surface area contributed by atoms with Crippen molar-refractivity contribution in [1.29, 1.82) is 0 Å². The van der Waals surface area contributed by atoms with Crippen LogP contribution in [0.3, 0.4) is 0 Å². The van der Waals surface area contributed by atoms with Crippen molar-refractivity contribution in [1.82, 2.24) is 4.57 Å². The topological polar surface area (TPSA) is 4.93 Å². The summed E-state index contributed by atoms with van der Waals surface area (Å²) in [4.78, 5) is 0. The Hall–Kier alpha value is -6.00. The Balaban J connectivity index is 1.05. The third-order valence-electron chi connectivity index (χ3n) is 12.0. The van der Waals surface area contributed by atoms with E-state index in [9.17, 15) is 0 Å². The van der Waals surface area contributed by atoms with Crippen molar-refractivity contribution in [2.24, 2.45) is 0 Å². The minimum absolute atomic E-state index is 0.0313. The molecular weight excluding hydrogens is 691 g/mol. The highest BCUT2D eigenvalue weighted by molar-refractivity contribution is 7.26. The van der Waals surface area contributed by atoms with Crippen LogP contribution in [0.5, 0.6) is 0 Å². The zero-order valence-electron chi connectivity index (χ0n) is 29.9. The number of hydrogen-bond donors (Lipinski definition) is 0. The van der Waals surface area contributed by atoms with Crippen molar-refractivity contribution in [3.63, 3.8) is 0 Å². The molecule has 254 valence electrons. The van der Waals surface area contributed by atoms with Gasteiger partial charge in [-0.1, -0.05) is 117 Å². The largest absolute Gasteiger partial charge is 0.309 e. The molecule has 11 aromatic rings. The first kappa shape index (κ1) is 30.5. The number of aromatic nitrogens is 1. The summed E-state index contributed by atoms with van der Waals surface area (Å²) >= 11 is 3.78. The fraction of sp³-hybridized carbons (Fsp3) is 0.0588. The van der Waals surface area contributed by atoms with Crippen molar-refractivity contribution < 1.29 is 0 Å². The monoisotopic (exact) mass is 723 g/mol. The lowest BCUT2D eigenvalue weighted by atomic mass is 9.81. The van der Waals surface area contributed by atoms with Crippen molar-refractivity contribution >= 4 is 84.8 Å². The Kier molecular flexibility index (Phi) is 6.22. The van der Waals surface area contributed by atoms with Gasteiger partial charge in [0, 0.05) is 62.2 Å². The fourth-order valence-electron chi connectivity index (χ4n) is 9.49. The van der Waals surface area contributed by atoms with E-state index < -0.39 is 0 Å². The number of hydrogen-bond acceptors (Lipinski definition) is 2. The number of para-hydroxylation sites is 1. The van der Waals surface area contributed by atoms with Crippen LogP contribution in [0.15, 0.2) is 164 Å². The van der Waals surface area contributed by atoms with E-state index in [1.165, 1.54) is 112 Å². The van der Waals surface area contributed by atoms with E-state index in [1.807, 2.05) is 22.7 Å². The highest BCUT2D eigenvalue weighted by Crippen LogP contribution is 2.50. The molecule has 0 spiro atoms. The first-order chi connectivity index (χ1) is 26.5. The van der Waals surface area contributed by atoms with Crippen LogP contribution in [0.4, 0.5) is 0 Å². The zero-order valence-corrected chi connectivity index (χ0v) is 31.5. The van der Waals surface area contributed by atoms with E-state index >= 15 is 0 Å². The first-order valence-electron chi connectivity index (χ1n) is 18.7. The lowest BCUT2D eigenvalue weighted by molar-refractivity contribution is 0.660. The molecule has 8 aromatic carbocycles. The molecule has 0 saturated heterocycles. The average Bonchev–Trinajstić information content (AvgIpc) is 3.94. The molecule has 54 heavy (non-hydrogen) atoms. The molecule has 3 heteroatoms. The molecule has 0 amide bonds. The standard InChI is InChI=1S/C51H33NS2/c1-51(2)41-16-6-3-11-33(41)34-24-21-31(28-42(34)51)30-22-25-44-39(27-30)35-12-4-7-17-43(35)52(44)32-23-26-46-40(29-32)50-37(15-10-20-48(50)54-46)36-14-9-19-47-49(36)38-13-5-8-18-45(38)53-47/h3-29H,1-2H3. The highest BCUT2D eigenvalue weighted by Gasteiger charge is 2.35. The first-order valence-corrected chi connectivity index (χ1v) is 20.3. The van der Waals surface area contributed by atoms with E-state index in [0.717, 1.165) is 0 Å². The van der Waals surface area contributed by atoms with Crippen LogP contribution in [-0.4, -0.2) is 4.57 Å². The van der Waals surface area contributed by atoms with E-state index in [0.29, 0.717) is 0 Å². The van der Waals surface area contributed by atoms with Gasteiger partial charge in [0.2, 0.25) is 0 Å². The van der Waals surface area contributed by atoms with Crippen LogP contribution in [0, 0.1) is 0 Å². The molecule has 0 N–H and O–H groups in total. The second kappa shape index (κ2) is 11.0. The van der Waals surface area contributed by atoms with Gasteiger partial charge in [0.25, 0.3) is 0 Å². The second-order valence-electron chi connectivity index (χ2n) is 15.3. The van der Waals surface area contributed by atoms with Gasteiger partial charge in [-0.2, -0.15) is 0 Å². The fourth-order valence-corrected chi connectivity index (χ4v) is 11.7. The molecule has 0 atom stereocenters. The third-order valence-corrected chi connectivity index (χ3v) is 14.3. The lowest BCUT2D eigenvalue weighted by Crippen LogP contribution is -2.14. The minimum Gasteiger partial charge on any atom is -0.309 e. The van der Waals surface area contributed by atoms with Gasteiger partial charge in [-0.05, 0) is 105 Å². The Morgan fingerprint density at radius 1 is 0.389 bits per heavy atom. The Bertz CT molecular complexity index is 3370. The molecule has 0 unspecified atom stereocenters. The van der Waals surface area contributed by atoms with Gasteiger partial charge in [0.1, 0.15) is 0 Å². The van der Waals surface area contributed by atoms with Gasteiger partial charge >= 0.3 is 0 Å². The quantitative estimate of drug-likeness (QED) is 0.171. The second-order valence-corrected chi connectivity index (χ2v) is 17.4. The van der Waals surface area contributed by atoms with Crippen molar-refractivity contribution in [2.45, 2.75) is 19.3 Å². The average molecular weight is 724 g/mol. The molecule has 0 saturated carbocycles. The lowest BCUT2D eigenvalue weighted by Gasteiger charge is -2.22. The molecule has 12 rings (SSSR count). The molecule has 0 aliphatic heterocycles. The number of nitrogens with zero attached hydrogens (tertiary/aromatic N) is 1. The maximum Gasteiger partial charge on any atom is 0.0541 e. The number of thiophene rings is 2. The predicted molar refractivity (Wildman–Crippen MR) is 235 cm³/mol. The Labute approximate surface area is 321 Å². The molecule has 3 aromatic heterocycles. The van der Waals surface area contributed by atoms with Gasteiger partial charge in [0.15, 0.2) is 0 Å². The smallest absolute Gasteiger partial charge is 0.0541 e. The van der Waals surface area contributed by atoms with Crippen LogP contribution >= 0.6 is 22.7 Å². The van der Waals surface area contributed by atoms with Crippen molar-refractivity contribution in [2.75, 3.05) is 0 Å². The summed E-state index contributed by atoms with van der Waals surface area (Å²) in [5, 5.41) is 7.89. The summed E-state index contributed by atoms with van der Waals surface area (Å²) in [6, 6.07) is 61.5. The van der Waals surface area contributed by atoms with Gasteiger partial charge in [0.05, 0.1) is 11.0 Å². The number of fused-ring (bicyclic) bond motifs is 12. The van der Waals surface area contributed by atoms with Crippen LogP contribution in [0.1, 0.15) is 25.0 Å². The van der Waals surface area contributed by atoms with E-state index in [1.54, 1.807) is 0 Å². The molecule has 0 fully saturated rings. The maximum atomic E-state index is 2.47. The molecular formula is C51H33NS2. The van der Waals surface area contributed by atoms with E-state index in [4.69, 9.17) is 0 Å². The minimum atomic E-state index is -0.0313. The van der Waals surface area contributed by atoms with Gasteiger partial charge in [-0.25, -0.2) is 0 Å². The Morgan fingerprint density at radius 2 is 0.981 bits per heavy atom. The molecule has 3 heterocycles. The molecule has 1 aliphatic rings. The van der Waals surface area contributed by atoms with Crippen LogP contribution in [-0.2, 0) is 5.41 Å². The molecule has 0 bridgehead atoms. The predicted octanol–water partition coefficient (Wildman–Crippen LogP) is 15.2. The van der Waals surface area contributed by atoms with Crippen LogP contribution < -0.4 is 0 Å². The van der Waals surface area contributed by atoms with Crippen molar-refractivity contribution in [3.05, 3.63) is 175 Å². The summed E-state index contributed by atoms with van der Waals surface area (Å²) in [5.41, 5.74) is 14.3. The summed E-state index contributed by atoms with van der Waals surface area (Å²) in [5.74, 6) is 0. The summed E-state index contributed by atoms with van der Waals surface area (Å²) in [6.45, 7) is 4.72. The van der Waals surface area contributed by atoms with Gasteiger partial charge < -0.3 is 4.57 Å². The van der Waals surface area contributed by atoms with Crippen molar-refractivity contribution in [3.8, 4) is 39.1 Å². The molecule has 0 radical (unpaired) electrons. The van der Waals surface area contributed by atoms with E-state index in [-0.39, 0.29) is 5.41 Å². The van der Waals surface area contributed by atoms with Gasteiger partial charge in [-0.15, -0.1) is 22.7 Å². The Morgan fingerprint density at radius 3 is 1.81 bits per heavy atom. The van der Waals surface area contributed by atoms with Gasteiger partial charge in [-0.3, -0.25) is 0 Å².